The molecule has 1 amide bonds. The van der Waals surface area contributed by atoms with Gasteiger partial charge in [0.25, 0.3) is 5.91 Å². The lowest BCUT2D eigenvalue weighted by Gasteiger charge is -2.27. The van der Waals surface area contributed by atoms with Crippen LogP contribution >= 0.6 is 0 Å². The van der Waals surface area contributed by atoms with Crippen molar-refractivity contribution in [2.24, 2.45) is 5.41 Å². The molecule has 2 aromatic heterocycles. The minimum atomic E-state index is -0.630. The maximum atomic E-state index is 14.1. The number of aromatic nitrogens is 2. The second kappa shape index (κ2) is 4.64. The molecule has 19 heavy (non-hydrogen) atoms. The van der Waals surface area contributed by atoms with Crippen molar-refractivity contribution in [3.05, 3.63) is 36.0 Å². The van der Waals surface area contributed by atoms with Crippen LogP contribution in [0.25, 0.3) is 5.65 Å². The van der Waals surface area contributed by atoms with Gasteiger partial charge in [-0.15, -0.1) is 0 Å². The van der Waals surface area contributed by atoms with Crippen LogP contribution in [0.1, 0.15) is 38.2 Å². The van der Waals surface area contributed by atoms with E-state index in [1.165, 1.54) is 4.40 Å². The average molecular weight is 263 g/mol. The molecule has 5 heteroatoms. The van der Waals surface area contributed by atoms with Gasteiger partial charge in [0, 0.05) is 12.2 Å². The van der Waals surface area contributed by atoms with Gasteiger partial charge in [-0.1, -0.05) is 26.8 Å². The Kier molecular flexibility index (Phi) is 3.30. The zero-order valence-electron chi connectivity index (χ0n) is 11.6. The first kappa shape index (κ1) is 13.5. The third-order valence-corrected chi connectivity index (χ3v) is 3.33. The van der Waals surface area contributed by atoms with Crippen molar-refractivity contribution >= 4 is 11.6 Å². The molecule has 0 fully saturated rings. The molecule has 0 saturated heterocycles. The van der Waals surface area contributed by atoms with Crippen LogP contribution in [0.4, 0.5) is 4.39 Å². The predicted molar refractivity (Wildman–Crippen MR) is 71.5 cm³/mol. The highest BCUT2D eigenvalue weighted by atomic mass is 19.1. The number of rotatable bonds is 2. The summed E-state index contributed by atoms with van der Waals surface area (Å²) in [5.41, 5.74) is 0.168. The third kappa shape index (κ3) is 2.59. The lowest BCUT2D eigenvalue weighted by atomic mass is 9.88. The Morgan fingerprint density at radius 2 is 2.11 bits per heavy atom. The molecule has 0 aliphatic heterocycles. The summed E-state index contributed by atoms with van der Waals surface area (Å²) in [5.74, 6) is -1.11. The van der Waals surface area contributed by atoms with Crippen LogP contribution in [0, 0.1) is 11.4 Å². The van der Waals surface area contributed by atoms with E-state index in [1.807, 2.05) is 27.7 Å². The second-order valence-corrected chi connectivity index (χ2v) is 5.74. The Morgan fingerprint density at radius 1 is 1.42 bits per heavy atom. The third-order valence-electron chi connectivity index (χ3n) is 3.33. The van der Waals surface area contributed by atoms with Crippen LogP contribution in [0.5, 0.6) is 0 Å². The van der Waals surface area contributed by atoms with E-state index < -0.39 is 11.9 Å². The van der Waals surface area contributed by atoms with E-state index in [0.717, 1.165) is 0 Å². The van der Waals surface area contributed by atoms with E-state index in [-0.39, 0.29) is 17.2 Å². The standard InChI is InChI=1S/C14H18FN3O/c1-9(14(2,3)4)16-13(19)11-12(15)18-8-6-5-7-10(18)17-11/h5-9H,1-4H3,(H,16,19). The van der Waals surface area contributed by atoms with Gasteiger partial charge in [-0.3, -0.25) is 9.20 Å². The summed E-state index contributed by atoms with van der Waals surface area (Å²) in [6, 6.07) is 5.02. The lowest BCUT2D eigenvalue weighted by molar-refractivity contribution is 0.0901. The Balaban J connectivity index is 2.30. The quantitative estimate of drug-likeness (QED) is 0.905. The molecule has 0 radical (unpaired) electrons. The van der Waals surface area contributed by atoms with Crippen LogP contribution in [0.3, 0.4) is 0 Å². The van der Waals surface area contributed by atoms with Gasteiger partial charge in [0.15, 0.2) is 5.69 Å². The number of carbonyl (C=O) groups excluding carboxylic acids is 1. The van der Waals surface area contributed by atoms with Crippen molar-refractivity contribution in [3.63, 3.8) is 0 Å². The van der Waals surface area contributed by atoms with Crippen LogP contribution < -0.4 is 5.32 Å². The molecule has 0 aliphatic carbocycles. The van der Waals surface area contributed by atoms with E-state index >= 15 is 0 Å². The maximum Gasteiger partial charge on any atom is 0.274 e. The fraction of sp³-hybridized carbons (Fsp3) is 0.429. The van der Waals surface area contributed by atoms with Gasteiger partial charge in [0.05, 0.1) is 0 Å². The van der Waals surface area contributed by atoms with Crippen LogP contribution in [0.15, 0.2) is 24.4 Å². The monoisotopic (exact) mass is 263 g/mol. The van der Waals surface area contributed by atoms with Crippen molar-refractivity contribution < 1.29 is 9.18 Å². The molecule has 102 valence electrons. The number of hydrogen-bond donors (Lipinski definition) is 1. The number of hydrogen-bond acceptors (Lipinski definition) is 2. The first-order valence-electron chi connectivity index (χ1n) is 6.24. The summed E-state index contributed by atoms with van der Waals surface area (Å²) in [4.78, 5) is 16.1. The first-order valence-corrected chi connectivity index (χ1v) is 6.24. The van der Waals surface area contributed by atoms with Gasteiger partial charge >= 0.3 is 0 Å². The highest BCUT2D eigenvalue weighted by Gasteiger charge is 2.25. The number of imidazole rings is 1. The Labute approximate surface area is 111 Å². The Hall–Kier alpha value is -1.91. The number of nitrogens with zero attached hydrogens (tertiary/aromatic N) is 2. The Morgan fingerprint density at radius 3 is 2.68 bits per heavy atom. The molecule has 1 unspecified atom stereocenters. The fourth-order valence-corrected chi connectivity index (χ4v) is 1.59. The molecule has 4 nitrogen and oxygen atoms in total. The van der Waals surface area contributed by atoms with Crippen molar-refractivity contribution in [3.8, 4) is 0 Å². The van der Waals surface area contributed by atoms with E-state index in [0.29, 0.717) is 5.65 Å². The molecule has 1 atom stereocenters. The van der Waals surface area contributed by atoms with E-state index in [9.17, 15) is 9.18 Å². The van der Waals surface area contributed by atoms with Gasteiger partial charge in [-0.25, -0.2) is 4.98 Å². The minimum Gasteiger partial charge on any atom is -0.348 e. The van der Waals surface area contributed by atoms with Gasteiger partial charge in [-0.05, 0) is 24.5 Å². The number of fused-ring (bicyclic) bond motifs is 1. The molecule has 2 aromatic rings. The van der Waals surface area contributed by atoms with Gasteiger partial charge in [0.2, 0.25) is 5.95 Å². The normalized spacial score (nSPS) is 13.5. The van der Waals surface area contributed by atoms with Gasteiger partial charge < -0.3 is 5.32 Å². The van der Waals surface area contributed by atoms with Crippen LogP contribution in [0.2, 0.25) is 0 Å². The number of carbonyl (C=O) groups is 1. The largest absolute Gasteiger partial charge is 0.348 e. The maximum absolute atomic E-state index is 14.1. The molecule has 0 spiro atoms. The molecule has 1 N–H and O–H groups in total. The fourth-order valence-electron chi connectivity index (χ4n) is 1.59. The topological polar surface area (TPSA) is 46.4 Å². The molecule has 0 aliphatic rings. The lowest BCUT2D eigenvalue weighted by Crippen LogP contribution is -2.41. The molecule has 2 rings (SSSR count). The zero-order valence-corrected chi connectivity index (χ0v) is 11.6. The summed E-state index contributed by atoms with van der Waals surface area (Å²) in [6.07, 6.45) is 1.54. The number of nitrogens with one attached hydrogen (secondary N) is 1. The number of amides is 1. The number of pyridine rings is 1. The Bertz CT molecular complexity index is 613. The van der Waals surface area contributed by atoms with Gasteiger partial charge in [-0.2, -0.15) is 4.39 Å². The van der Waals surface area contributed by atoms with Crippen molar-refractivity contribution in [1.82, 2.24) is 14.7 Å². The first-order chi connectivity index (χ1) is 8.80. The summed E-state index contributed by atoms with van der Waals surface area (Å²) in [6.45, 7) is 7.93. The highest BCUT2D eigenvalue weighted by Crippen LogP contribution is 2.19. The van der Waals surface area contributed by atoms with Crippen molar-refractivity contribution in [2.75, 3.05) is 0 Å². The molecule has 0 bridgehead atoms. The zero-order chi connectivity index (χ0) is 14.2. The van der Waals surface area contributed by atoms with E-state index in [4.69, 9.17) is 0 Å². The average Bonchev–Trinajstić information content (AvgIpc) is 2.66. The molecule has 0 saturated carbocycles. The highest BCUT2D eigenvalue weighted by molar-refractivity contribution is 5.93. The van der Waals surface area contributed by atoms with Crippen LogP contribution in [-0.4, -0.2) is 21.3 Å². The molecule has 2 heterocycles. The van der Waals surface area contributed by atoms with Crippen LogP contribution in [-0.2, 0) is 0 Å². The number of halogens is 1. The SMILES string of the molecule is CC(NC(=O)c1nc2ccccn2c1F)C(C)(C)C. The van der Waals surface area contributed by atoms with Crippen molar-refractivity contribution in [1.29, 1.82) is 0 Å². The summed E-state index contributed by atoms with van der Waals surface area (Å²) in [5, 5.41) is 2.78. The molecular weight excluding hydrogens is 245 g/mol. The minimum absolute atomic E-state index is 0.0794. The van der Waals surface area contributed by atoms with Crippen molar-refractivity contribution in [2.45, 2.75) is 33.7 Å². The second-order valence-electron chi connectivity index (χ2n) is 5.74. The molecular formula is C14H18FN3O. The van der Waals surface area contributed by atoms with E-state index in [2.05, 4.69) is 10.3 Å². The smallest absolute Gasteiger partial charge is 0.274 e. The van der Waals surface area contributed by atoms with E-state index in [1.54, 1.807) is 24.4 Å². The van der Waals surface area contributed by atoms with Gasteiger partial charge in [0.1, 0.15) is 5.65 Å². The molecule has 0 aromatic carbocycles. The summed E-state index contributed by atoms with van der Waals surface area (Å²) < 4.78 is 15.3. The predicted octanol–water partition coefficient (Wildman–Crippen LogP) is 2.64. The summed E-state index contributed by atoms with van der Waals surface area (Å²) in [7, 11) is 0. The summed E-state index contributed by atoms with van der Waals surface area (Å²) >= 11 is 0.